The van der Waals surface area contributed by atoms with Crippen LogP contribution in [0.5, 0.6) is 0 Å². The number of aromatic nitrogens is 1. The number of hydrogen-bond acceptors (Lipinski definition) is 3. The first-order chi connectivity index (χ1) is 11.7. The second kappa shape index (κ2) is 8.84. The molecule has 0 bridgehead atoms. The number of rotatable bonds is 5. The Morgan fingerprint density at radius 3 is 2.56 bits per heavy atom. The van der Waals surface area contributed by atoms with Gasteiger partial charge in [-0.05, 0) is 58.5 Å². The van der Waals surface area contributed by atoms with Crippen molar-refractivity contribution < 1.29 is 4.79 Å². The Morgan fingerprint density at radius 1 is 1.24 bits per heavy atom. The van der Waals surface area contributed by atoms with E-state index in [-0.39, 0.29) is 31.0 Å². The second-order valence-corrected chi connectivity index (χ2v) is 6.57. The van der Waals surface area contributed by atoms with Gasteiger partial charge in [-0.15, -0.1) is 0 Å². The van der Waals surface area contributed by atoms with E-state index in [1.54, 1.807) is 12.1 Å². The maximum Gasteiger partial charge on any atom is 0.262 e. The Morgan fingerprint density at radius 2 is 1.96 bits per heavy atom. The van der Waals surface area contributed by atoms with Gasteiger partial charge in [0.25, 0.3) is 5.91 Å². The van der Waals surface area contributed by atoms with Crippen LogP contribution in [0.1, 0.15) is 30.1 Å². The quantitative estimate of drug-likeness (QED) is 0.453. The normalized spacial score (nSPS) is 14.8. The lowest BCUT2D eigenvalue weighted by atomic mass is 10.0. The average molecular weight is 416 g/mol. The van der Waals surface area contributed by atoms with Gasteiger partial charge in [0, 0.05) is 0 Å². The molecular formula is C19H18BrN3OS. The number of nitrogens with one attached hydrogen (secondary N) is 1. The van der Waals surface area contributed by atoms with Crippen molar-refractivity contribution in [2.24, 2.45) is 5.92 Å². The fourth-order valence-corrected chi connectivity index (χ4v) is 2.94. The number of carbonyl (C=O) groups excluding carboxylic acids is 1. The van der Waals surface area contributed by atoms with Crippen molar-refractivity contribution >= 4 is 41.4 Å². The minimum Gasteiger partial charge on any atom is -0.344 e. The lowest BCUT2D eigenvalue weighted by molar-refractivity contribution is -0.117. The van der Waals surface area contributed by atoms with Gasteiger partial charge in [-0.25, -0.2) is 4.98 Å². The molecule has 6 heteroatoms. The zero-order valence-electron chi connectivity index (χ0n) is 13.4. The molecule has 1 heterocycles. The van der Waals surface area contributed by atoms with Crippen LogP contribution in [0.2, 0.25) is 0 Å². The number of halogens is 1. The van der Waals surface area contributed by atoms with Gasteiger partial charge in [0.2, 0.25) is 0 Å². The van der Waals surface area contributed by atoms with Crippen LogP contribution in [0, 0.1) is 17.2 Å². The van der Waals surface area contributed by atoms with Crippen molar-refractivity contribution in [1.82, 2.24) is 10.3 Å². The van der Waals surface area contributed by atoms with Crippen LogP contribution in [-0.2, 0) is 4.79 Å². The summed E-state index contributed by atoms with van der Waals surface area (Å²) >= 11 is 3.29. The van der Waals surface area contributed by atoms with Gasteiger partial charge in [-0.1, -0.05) is 36.4 Å². The van der Waals surface area contributed by atoms with Crippen molar-refractivity contribution in [1.29, 1.82) is 5.26 Å². The highest BCUT2D eigenvalue weighted by Gasteiger charge is 2.33. The largest absolute Gasteiger partial charge is 0.344 e. The monoisotopic (exact) mass is 415 g/mol. The first-order valence-electron chi connectivity index (χ1n) is 7.77. The Balaban J connectivity index is 0.00000225. The molecule has 0 saturated heterocycles. The standard InChI is InChI=1S/C19H16BrN3O.H2S/c20-17-8-4-7-16(22-17)11-15(12-21)19(24)23-18(14-9-10-14)13-5-2-1-3-6-13;/h1-8,11,14,18H,9-10H2,(H,23,24);1H2/b15-11+;/t18-;/m1./s1. The summed E-state index contributed by atoms with van der Waals surface area (Å²) in [5.41, 5.74) is 1.70. The van der Waals surface area contributed by atoms with E-state index in [1.807, 2.05) is 42.5 Å². The lowest BCUT2D eigenvalue weighted by Crippen LogP contribution is -2.30. The number of nitrogens with zero attached hydrogens (tertiary/aromatic N) is 2. The van der Waals surface area contributed by atoms with Gasteiger partial charge in [-0.2, -0.15) is 18.8 Å². The van der Waals surface area contributed by atoms with E-state index in [4.69, 9.17) is 0 Å². The summed E-state index contributed by atoms with van der Waals surface area (Å²) in [5, 5.41) is 12.4. The predicted molar refractivity (Wildman–Crippen MR) is 106 cm³/mol. The number of hydrogen-bond donors (Lipinski definition) is 1. The summed E-state index contributed by atoms with van der Waals surface area (Å²) in [4.78, 5) is 16.8. The molecule has 1 aromatic heterocycles. The van der Waals surface area contributed by atoms with E-state index in [9.17, 15) is 10.1 Å². The van der Waals surface area contributed by atoms with Crippen molar-refractivity contribution in [3.63, 3.8) is 0 Å². The van der Waals surface area contributed by atoms with Gasteiger partial charge in [0.05, 0.1) is 11.7 Å². The molecular weight excluding hydrogens is 398 g/mol. The lowest BCUT2D eigenvalue weighted by Gasteiger charge is -2.18. The van der Waals surface area contributed by atoms with Gasteiger partial charge in [0.15, 0.2) is 0 Å². The average Bonchev–Trinajstić information content (AvgIpc) is 3.43. The Labute approximate surface area is 162 Å². The molecule has 0 unspecified atom stereocenters. The molecule has 1 aliphatic rings. The molecule has 1 aliphatic carbocycles. The molecule has 25 heavy (non-hydrogen) atoms. The number of amides is 1. The van der Waals surface area contributed by atoms with Crippen LogP contribution >= 0.6 is 29.4 Å². The summed E-state index contributed by atoms with van der Waals surface area (Å²) in [6, 6.07) is 17.2. The molecule has 1 atom stereocenters. The summed E-state index contributed by atoms with van der Waals surface area (Å²) in [5.74, 6) is 0.0836. The molecule has 1 N–H and O–H groups in total. The second-order valence-electron chi connectivity index (χ2n) is 5.75. The maximum atomic E-state index is 12.5. The van der Waals surface area contributed by atoms with Crippen LogP contribution in [-0.4, -0.2) is 10.9 Å². The molecule has 0 radical (unpaired) electrons. The third-order valence-corrected chi connectivity index (χ3v) is 4.37. The molecule has 4 nitrogen and oxygen atoms in total. The van der Waals surface area contributed by atoms with Gasteiger partial charge < -0.3 is 5.32 Å². The zero-order chi connectivity index (χ0) is 16.9. The number of carbonyl (C=O) groups is 1. The molecule has 0 spiro atoms. The van der Waals surface area contributed by atoms with Crippen LogP contribution < -0.4 is 5.32 Å². The third-order valence-electron chi connectivity index (χ3n) is 3.93. The highest BCUT2D eigenvalue weighted by atomic mass is 79.9. The Bertz CT molecular complexity index is 813. The molecule has 1 fully saturated rings. The SMILES string of the molecule is N#C/C(=C\c1cccc(Br)n1)C(=O)N[C@H](c1ccccc1)C1CC1.S. The third kappa shape index (κ3) is 5.18. The summed E-state index contributed by atoms with van der Waals surface area (Å²) in [7, 11) is 0. The maximum absolute atomic E-state index is 12.5. The predicted octanol–water partition coefficient (Wildman–Crippen LogP) is 4.13. The summed E-state index contributed by atoms with van der Waals surface area (Å²) < 4.78 is 0.661. The van der Waals surface area contributed by atoms with E-state index < -0.39 is 0 Å². The van der Waals surface area contributed by atoms with E-state index in [0.717, 1.165) is 18.4 Å². The molecule has 0 aliphatic heterocycles. The summed E-state index contributed by atoms with van der Waals surface area (Å²) in [6.07, 6.45) is 3.70. The van der Waals surface area contributed by atoms with Crippen LogP contribution in [0.3, 0.4) is 0 Å². The molecule has 1 aromatic carbocycles. The fraction of sp³-hybridized carbons (Fsp3) is 0.211. The first kappa shape index (κ1) is 19.2. The van der Waals surface area contributed by atoms with Crippen molar-refractivity contribution in [2.45, 2.75) is 18.9 Å². The van der Waals surface area contributed by atoms with Gasteiger partial charge in [0.1, 0.15) is 16.2 Å². The highest BCUT2D eigenvalue weighted by Crippen LogP contribution is 2.41. The van der Waals surface area contributed by atoms with E-state index in [0.29, 0.717) is 16.2 Å². The van der Waals surface area contributed by atoms with Crippen LogP contribution in [0.15, 0.2) is 58.7 Å². The summed E-state index contributed by atoms with van der Waals surface area (Å²) in [6.45, 7) is 0. The Kier molecular flexibility index (Phi) is 6.80. The number of nitriles is 1. The van der Waals surface area contributed by atoms with Crippen LogP contribution in [0.4, 0.5) is 0 Å². The first-order valence-corrected chi connectivity index (χ1v) is 8.57. The van der Waals surface area contributed by atoms with Crippen LogP contribution in [0.25, 0.3) is 6.08 Å². The molecule has 2 aromatic rings. The van der Waals surface area contributed by atoms with Gasteiger partial charge >= 0.3 is 0 Å². The zero-order valence-corrected chi connectivity index (χ0v) is 16.0. The minimum atomic E-state index is -0.361. The van der Waals surface area contributed by atoms with Crippen molar-refractivity contribution in [3.05, 3.63) is 70.0 Å². The van der Waals surface area contributed by atoms with E-state index >= 15 is 0 Å². The Hall–Kier alpha value is -2.10. The van der Waals surface area contributed by atoms with Crippen molar-refractivity contribution in [3.8, 4) is 6.07 Å². The van der Waals surface area contributed by atoms with Gasteiger partial charge in [-0.3, -0.25) is 4.79 Å². The minimum absolute atomic E-state index is 0. The number of pyridine rings is 1. The van der Waals surface area contributed by atoms with Crippen molar-refractivity contribution in [2.75, 3.05) is 0 Å². The highest BCUT2D eigenvalue weighted by molar-refractivity contribution is 9.10. The molecule has 1 saturated carbocycles. The molecule has 1 amide bonds. The number of benzene rings is 1. The smallest absolute Gasteiger partial charge is 0.262 e. The molecule has 128 valence electrons. The fourth-order valence-electron chi connectivity index (χ4n) is 2.58. The van der Waals surface area contributed by atoms with E-state index in [2.05, 4.69) is 26.2 Å². The molecule has 3 rings (SSSR count). The van der Waals surface area contributed by atoms with E-state index in [1.165, 1.54) is 6.08 Å². The topological polar surface area (TPSA) is 65.8 Å².